The van der Waals surface area contributed by atoms with Gasteiger partial charge in [-0.05, 0) is 30.9 Å². The Morgan fingerprint density at radius 3 is 3.07 bits per heavy atom. The molecule has 2 heterocycles. The molecule has 0 amide bonds. The molecule has 4 heteroatoms. The lowest BCUT2D eigenvalue weighted by atomic mass is 10.0. The van der Waals surface area contributed by atoms with Gasteiger partial charge in [-0.1, -0.05) is 0 Å². The standard InChI is InChI=1S/C11H16N2O2/c12-6-8-5-9(7-13-11(8)14)10-3-1-2-4-15-10/h5,7,10H,1-4,6,12H2,(H,13,14). The fraction of sp³-hybridized carbons (Fsp3) is 0.545. The number of aromatic nitrogens is 1. The molecule has 1 saturated heterocycles. The maximum absolute atomic E-state index is 11.3. The molecule has 0 spiro atoms. The molecular weight excluding hydrogens is 192 g/mol. The lowest BCUT2D eigenvalue weighted by Crippen LogP contribution is -2.19. The van der Waals surface area contributed by atoms with Crippen molar-refractivity contribution in [3.8, 4) is 0 Å². The van der Waals surface area contributed by atoms with E-state index in [0.29, 0.717) is 5.56 Å². The Kier molecular flexibility index (Phi) is 3.18. The van der Waals surface area contributed by atoms with Crippen LogP contribution in [-0.2, 0) is 11.3 Å². The lowest BCUT2D eigenvalue weighted by Gasteiger charge is -2.22. The fourth-order valence-corrected chi connectivity index (χ4v) is 1.89. The highest BCUT2D eigenvalue weighted by Crippen LogP contribution is 2.26. The van der Waals surface area contributed by atoms with Crippen LogP contribution in [0.2, 0.25) is 0 Å². The maximum Gasteiger partial charge on any atom is 0.252 e. The molecule has 2 rings (SSSR count). The quantitative estimate of drug-likeness (QED) is 0.764. The minimum atomic E-state index is -0.0999. The van der Waals surface area contributed by atoms with Gasteiger partial charge in [0.1, 0.15) is 0 Å². The molecule has 4 nitrogen and oxygen atoms in total. The topological polar surface area (TPSA) is 68.1 Å². The lowest BCUT2D eigenvalue weighted by molar-refractivity contribution is 0.0147. The van der Waals surface area contributed by atoms with Crippen LogP contribution >= 0.6 is 0 Å². The summed E-state index contributed by atoms with van der Waals surface area (Å²) in [7, 11) is 0. The normalized spacial score (nSPS) is 21.5. The number of aromatic amines is 1. The van der Waals surface area contributed by atoms with Crippen molar-refractivity contribution in [2.75, 3.05) is 6.61 Å². The van der Waals surface area contributed by atoms with Gasteiger partial charge in [0.15, 0.2) is 0 Å². The zero-order valence-electron chi connectivity index (χ0n) is 8.66. The number of nitrogens with one attached hydrogen (secondary N) is 1. The summed E-state index contributed by atoms with van der Waals surface area (Å²) in [6, 6.07) is 1.86. The summed E-state index contributed by atoms with van der Waals surface area (Å²) in [5.74, 6) is 0. The van der Waals surface area contributed by atoms with Gasteiger partial charge in [0.05, 0.1) is 6.10 Å². The Hall–Kier alpha value is -1.13. The van der Waals surface area contributed by atoms with E-state index in [1.165, 1.54) is 6.42 Å². The Morgan fingerprint density at radius 1 is 1.53 bits per heavy atom. The third kappa shape index (κ3) is 2.27. The second-order valence-corrected chi connectivity index (χ2v) is 3.85. The second kappa shape index (κ2) is 4.59. The van der Waals surface area contributed by atoms with Crippen molar-refractivity contribution < 1.29 is 4.74 Å². The first kappa shape index (κ1) is 10.4. The van der Waals surface area contributed by atoms with Gasteiger partial charge in [-0.3, -0.25) is 4.79 Å². The summed E-state index contributed by atoms with van der Waals surface area (Å²) in [5.41, 5.74) is 7.05. The molecule has 1 aliphatic rings. The van der Waals surface area contributed by atoms with Crippen LogP contribution in [0.25, 0.3) is 0 Å². The molecule has 0 aromatic carbocycles. The summed E-state index contributed by atoms with van der Waals surface area (Å²) < 4.78 is 5.64. The second-order valence-electron chi connectivity index (χ2n) is 3.85. The van der Waals surface area contributed by atoms with Crippen molar-refractivity contribution in [3.63, 3.8) is 0 Å². The molecule has 3 N–H and O–H groups in total. The van der Waals surface area contributed by atoms with Crippen molar-refractivity contribution >= 4 is 0 Å². The minimum Gasteiger partial charge on any atom is -0.373 e. The van der Waals surface area contributed by atoms with Crippen LogP contribution < -0.4 is 11.3 Å². The van der Waals surface area contributed by atoms with Crippen molar-refractivity contribution in [2.45, 2.75) is 31.9 Å². The van der Waals surface area contributed by atoms with Crippen LogP contribution in [0.5, 0.6) is 0 Å². The van der Waals surface area contributed by atoms with Gasteiger partial charge >= 0.3 is 0 Å². The molecule has 15 heavy (non-hydrogen) atoms. The van der Waals surface area contributed by atoms with E-state index in [4.69, 9.17) is 10.5 Å². The molecular formula is C11H16N2O2. The van der Waals surface area contributed by atoms with Crippen LogP contribution in [0.4, 0.5) is 0 Å². The predicted molar refractivity (Wildman–Crippen MR) is 57.5 cm³/mol. The number of pyridine rings is 1. The zero-order valence-corrected chi connectivity index (χ0v) is 8.66. The first-order valence-electron chi connectivity index (χ1n) is 5.34. The van der Waals surface area contributed by atoms with E-state index in [1.807, 2.05) is 6.07 Å². The van der Waals surface area contributed by atoms with Gasteiger partial charge in [0.2, 0.25) is 0 Å². The number of rotatable bonds is 2. The highest BCUT2D eigenvalue weighted by Gasteiger charge is 2.16. The van der Waals surface area contributed by atoms with Crippen LogP contribution in [0.3, 0.4) is 0 Å². The van der Waals surface area contributed by atoms with Crippen LogP contribution in [0, 0.1) is 0 Å². The van der Waals surface area contributed by atoms with Crippen molar-refractivity contribution in [3.05, 3.63) is 33.7 Å². The van der Waals surface area contributed by atoms with Crippen molar-refractivity contribution in [1.82, 2.24) is 4.98 Å². The molecule has 1 aromatic heterocycles. The number of hydrogen-bond acceptors (Lipinski definition) is 3. The third-order valence-corrected chi connectivity index (χ3v) is 2.77. The largest absolute Gasteiger partial charge is 0.373 e. The molecule has 1 unspecified atom stereocenters. The Morgan fingerprint density at radius 2 is 2.40 bits per heavy atom. The van der Waals surface area contributed by atoms with Gasteiger partial charge in [0, 0.05) is 24.9 Å². The highest BCUT2D eigenvalue weighted by atomic mass is 16.5. The predicted octanol–water partition coefficient (Wildman–Crippen LogP) is 1.08. The molecule has 1 aliphatic heterocycles. The average Bonchev–Trinajstić information content (AvgIpc) is 2.31. The SMILES string of the molecule is NCc1cc(C2CCCCO2)c[nH]c1=O. The van der Waals surface area contributed by atoms with E-state index in [-0.39, 0.29) is 18.2 Å². The number of nitrogens with two attached hydrogens (primary N) is 1. The minimum absolute atomic E-state index is 0.0999. The van der Waals surface area contributed by atoms with Gasteiger partial charge in [0.25, 0.3) is 5.56 Å². The Labute approximate surface area is 88.4 Å². The highest BCUT2D eigenvalue weighted by molar-refractivity contribution is 5.20. The van der Waals surface area contributed by atoms with Gasteiger partial charge in [-0.2, -0.15) is 0 Å². The zero-order chi connectivity index (χ0) is 10.7. The summed E-state index contributed by atoms with van der Waals surface area (Å²) >= 11 is 0. The van der Waals surface area contributed by atoms with Crippen LogP contribution in [0.15, 0.2) is 17.1 Å². The van der Waals surface area contributed by atoms with Crippen molar-refractivity contribution in [1.29, 1.82) is 0 Å². The van der Waals surface area contributed by atoms with Gasteiger partial charge in [-0.25, -0.2) is 0 Å². The van der Waals surface area contributed by atoms with E-state index in [1.54, 1.807) is 6.20 Å². The van der Waals surface area contributed by atoms with E-state index in [0.717, 1.165) is 25.0 Å². The summed E-state index contributed by atoms with van der Waals surface area (Å²) in [6.07, 6.45) is 5.19. The summed E-state index contributed by atoms with van der Waals surface area (Å²) in [6.45, 7) is 1.08. The molecule has 1 fully saturated rings. The monoisotopic (exact) mass is 208 g/mol. The van der Waals surface area contributed by atoms with Gasteiger partial charge < -0.3 is 15.5 Å². The summed E-state index contributed by atoms with van der Waals surface area (Å²) in [4.78, 5) is 14.0. The molecule has 0 bridgehead atoms. The number of H-pyrrole nitrogens is 1. The molecule has 0 aliphatic carbocycles. The summed E-state index contributed by atoms with van der Waals surface area (Å²) in [5, 5.41) is 0. The molecule has 1 aromatic rings. The number of hydrogen-bond donors (Lipinski definition) is 2. The van der Waals surface area contributed by atoms with Gasteiger partial charge in [-0.15, -0.1) is 0 Å². The van der Waals surface area contributed by atoms with Crippen LogP contribution in [-0.4, -0.2) is 11.6 Å². The third-order valence-electron chi connectivity index (χ3n) is 2.77. The molecule has 82 valence electrons. The van der Waals surface area contributed by atoms with Crippen molar-refractivity contribution in [2.24, 2.45) is 5.73 Å². The number of ether oxygens (including phenoxy) is 1. The van der Waals surface area contributed by atoms with E-state index in [2.05, 4.69) is 4.98 Å². The smallest absolute Gasteiger partial charge is 0.252 e. The maximum atomic E-state index is 11.3. The Bertz CT molecular complexity index is 380. The molecule has 0 radical (unpaired) electrons. The molecule has 1 atom stereocenters. The fourth-order valence-electron chi connectivity index (χ4n) is 1.89. The van der Waals surface area contributed by atoms with E-state index in [9.17, 15) is 4.79 Å². The van der Waals surface area contributed by atoms with Crippen LogP contribution in [0.1, 0.15) is 36.5 Å². The first-order valence-corrected chi connectivity index (χ1v) is 5.34. The Balaban J connectivity index is 2.23. The molecule has 0 saturated carbocycles. The van der Waals surface area contributed by atoms with E-state index >= 15 is 0 Å². The van der Waals surface area contributed by atoms with E-state index < -0.39 is 0 Å². The first-order chi connectivity index (χ1) is 7.31. The average molecular weight is 208 g/mol.